The fourth-order valence-corrected chi connectivity index (χ4v) is 6.64. The van der Waals surface area contributed by atoms with Crippen LogP contribution in [0.25, 0.3) is 0 Å². The SMILES string of the molecule is COc1cc(C=O)ccc1OP(OCc1ncccc1OP(Oc1ccc(C=O)cc1OC)Oc1ccc(C=O)cc1OC)Oc1ccc(C=O)cc1OC. The van der Waals surface area contributed by atoms with E-state index in [9.17, 15) is 19.2 Å². The van der Waals surface area contributed by atoms with Crippen LogP contribution in [0.15, 0.2) is 91.1 Å². The first-order valence-electron chi connectivity index (χ1n) is 15.9. The molecule has 55 heavy (non-hydrogen) atoms. The molecule has 0 aliphatic heterocycles. The lowest BCUT2D eigenvalue weighted by Gasteiger charge is -2.22. The smallest absolute Gasteiger partial charge is 0.493 e. The van der Waals surface area contributed by atoms with Gasteiger partial charge in [-0.3, -0.25) is 28.7 Å². The van der Waals surface area contributed by atoms with Crippen molar-refractivity contribution in [2.24, 2.45) is 0 Å². The first-order chi connectivity index (χ1) is 26.8. The minimum atomic E-state index is -2.39. The summed E-state index contributed by atoms with van der Waals surface area (Å²) in [6.07, 6.45) is 4.18. The molecule has 5 rings (SSSR count). The monoisotopic (exact) mass is 789 g/mol. The number of nitrogens with zero attached hydrogens (tertiary/aromatic N) is 1. The van der Waals surface area contributed by atoms with Crippen LogP contribution in [-0.4, -0.2) is 58.6 Å². The van der Waals surface area contributed by atoms with Gasteiger partial charge in [-0.15, -0.1) is 0 Å². The lowest BCUT2D eigenvalue weighted by Crippen LogP contribution is -2.07. The maximum Gasteiger partial charge on any atom is 0.530 e. The summed E-state index contributed by atoms with van der Waals surface area (Å²) in [5.41, 5.74) is 1.67. The van der Waals surface area contributed by atoms with E-state index in [0.29, 0.717) is 47.4 Å². The van der Waals surface area contributed by atoms with Crippen LogP contribution in [0, 0.1) is 0 Å². The van der Waals surface area contributed by atoms with Crippen molar-refractivity contribution >= 4 is 42.3 Å². The zero-order chi connectivity index (χ0) is 39.2. The molecule has 0 atom stereocenters. The Morgan fingerprint density at radius 2 is 0.800 bits per heavy atom. The van der Waals surface area contributed by atoms with Gasteiger partial charge in [-0.05, 0) is 84.9 Å². The van der Waals surface area contributed by atoms with Crippen molar-refractivity contribution < 1.29 is 65.3 Å². The van der Waals surface area contributed by atoms with E-state index >= 15 is 0 Å². The van der Waals surface area contributed by atoms with E-state index in [1.807, 2.05) is 0 Å². The fourth-order valence-electron chi connectivity index (χ4n) is 4.59. The topological polar surface area (TPSA) is 173 Å². The van der Waals surface area contributed by atoms with E-state index in [1.54, 1.807) is 12.1 Å². The molecule has 0 spiro atoms. The number of aromatic nitrogens is 1. The average Bonchev–Trinajstić information content (AvgIpc) is 3.23. The number of carbonyl (C=O) groups is 4. The Morgan fingerprint density at radius 1 is 0.455 bits per heavy atom. The minimum Gasteiger partial charge on any atom is -0.493 e. The maximum absolute atomic E-state index is 11.4. The number of hydrogen-bond acceptors (Lipinski definition) is 15. The van der Waals surface area contributed by atoms with Crippen molar-refractivity contribution in [3.63, 3.8) is 0 Å². The van der Waals surface area contributed by atoms with Gasteiger partial charge in [-0.25, -0.2) is 0 Å². The summed E-state index contributed by atoms with van der Waals surface area (Å²) in [6.45, 7) is -0.247. The third kappa shape index (κ3) is 10.5. The predicted octanol–water partition coefficient (Wildman–Crippen LogP) is 8.03. The highest BCUT2D eigenvalue weighted by molar-refractivity contribution is 7.43. The van der Waals surface area contributed by atoms with Gasteiger partial charge in [0.2, 0.25) is 0 Å². The first kappa shape index (κ1) is 39.9. The number of benzene rings is 4. The van der Waals surface area contributed by atoms with E-state index in [4.69, 9.17) is 46.1 Å². The number of methoxy groups -OCH3 is 4. The van der Waals surface area contributed by atoms with Crippen molar-refractivity contribution in [1.82, 2.24) is 4.98 Å². The predicted molar refractivity (Wildman–Crippen MR) is 200 cm³/mol. The molecule has 17 heteroatoms. The summed E-state index contributed by atoms with van der Waals surface area (Å²) in [5, 5.41) is 0. The van der Waals surface area contributed by atoms with Crippen molar-refractivity contribution in [1.29, 1.82) is 0 Å². The van der Waals surface area contributed by atoms with Crippen molar-refractivity contribution in [2.45, 2.75) is 6.61 Å². The Balaban J connectivity index is 1.46. The zero-order valence-corrected chi connectivity index (χ0v) is 31.5. The molecule has 0 amide bonds. The quantitative estimate of drug-likeness (QED) is 0.0516. The summed E-state index contributed by atoms with van der Waals surface area (Å²) in [7, 11) is 0.957. The normalized spacial score (nSPS) is 10.6. The Labute approximate surface area is 317 Å². The molecular formula is C38H33NO14P2. The number of pyridine rings is 1. The molecule has 1 aromatic heterocycles. The standard InChI is InChI=1S/C38H33NO14P2/c1-44-35-16-25(20-40)7-11-31(35)50-54(51-32-12-8-26(21-41)17-36(32)45-2)48-24-29-30(6-5-15-39-29)49-55(52-33-13-9-27(22-42)18-37(33)46-3)53-34-14-10-28(23-43)19-38(34)47-4/h5-23H,24H2,1-4H3. The Bertz CT molecular complexity index is 2010. The number of ether oxygens (including phenoxy) is 4. The van der Waals surface area contributed by atoms with Gasteiger partial charge < -0.3 is 41.6 Å². The molecule has 0 aliphatic rings. The van der Waals surface area contributed by atoms with Crippen molar-refractivity contribution in [2.75, 3.05) is 28.4 Å². The highest BCUT2D eigenvalue weighted by Gasteiger charge is 2.28. The molecule has 1 heterocycles. The van der Waals surface area contributed by atoms with Gasteiger partial charge in [-0.1, -0.05) is 0 Å². The summed E-state index contributed by atoms with van der Waals surface area (Å²) in [5.74, 6) is 1.91. The molecule has 0 bridgehead atoms. The molecule has 0 unspecified atom stereocenters. The van der Waals surface area contributed by atoms with Gasteiger partial charge in [0, 0.05) is 28.5 Å². The fraction of sp³-hybridized carbons (Fsp3) is 0.132. The molecule has 284 valence electrons. The summed E-state index contributed by atoms with van der Waals surface area (Å²) < 4.78 is 58.9. The number of rotatable bonds is 21. The highest BCUT2D eigenvalue weighted by Crippen LogP contribution is 2.50. The Hall–Kier alpha value is -6.27. The second-order valence-electron chi connectivity index (χ2n) is 10.7. The van der Waals surface area contributed by atoms with Crippen LogP contribution in [0.1, 0.15) is 47.1 Å². The third-order valence-corrected chi connectivity index (χ3v) is 9.38. The van der Waals surface area contributed by atoms with Crippen LogP contribution in [-0.2, 0) is 11.1 Å². The van der Waals surface area contributed by atoms with Crippen molar-refractivity contribution in [3.05, 3.63) is 119 Å². The van der Waals surface area contributed by atoms with Gasteiger partial charge in [0.15, 0.2) is 51.7 Å². The molecule has 0 fully saturated rings. The van der Waals surface area contributed by atoms with Crippen molar-refractivity contribution in [3.8, 4) is 51.7 Å². The van der Waals surface area contributed by atoms with E-state index in [2.05, 4.69) is 4.98 Å². The summed E-state index contributed by atoms with van der Waals surface area (Å²) in [4.78, 5) is 50.1. The molecule has 15 nitrogen and oxygen atoms in total. The van der Waals surface area contributed by atoms with Crippen LogP contribution in [0.5, 0.6) is 51.7 Å². The van der Waals surface area contributed by atoms with Gasteiger partial charge in [-0.2, -0.15) is 0 Å². The van der Waals surface area contributed by atoms with Crippen LogP contribution in [0.3, 0.4) is 0 Å². The van der Waals surface area contributed by atoms with Crippen LogP contribution in [0.4, 0.5) is 0 Å². The van der Waals surface area contributed by atoms with Crippen LogP contribution in [0.2, 0.25) is 0 Å². The van der Waals surface area contributed by atoms with E-state index in [-0.39, 0.29) is 64.0 Å². The largest absolute Gasteiger partial charge is 0.530 e. The third-order valence-electron chi connectivity index (χ3n) is 7.31. The minimum absolute atomic E-state index is 0.177. The Morgan fingerprint density at radius 3 is 1.15 bits per heavy atom. The van der Waals surface area contributed by atoms with Gasteiger partial charge in [0.1, 0.15) is 37.4 Å². The van der Waals surface area contributed by atoms with E-state index in [1.165, 1.54) is 107 Å². The van der Waals surface area contributed by atoms with Crippen LogP contribution >= 0.6 is 17.2 Å². The number of aldehydes is 4. The molecule has 0 radical (unpaired) electrons. The second kappa shape index (κ2) is 19.7. The van der Waals surface area contributed by atoms with Gasteiger partial charge in [0.05, 0.1) is 28.4 Å². The molecule has 5 aromatic rings. The maximum atomic E-state index is 11.4. The number of carbonyl (C=O) groups excluding carboxylic acids is 4. The summed E-state index contributed by atoms with van der Waals surface area (Å²) >= 11 is 0. The van der Waals surface area contributed by atoms with Gasteiger partial charge in [0.25, 0.3) is 0 Å². The second-order valence-corrected chi connectivity index (χ2v) is 12.8. The van der Waals surface area contributed by atoms with E-state index in [0.717, 1.165) is 0 Å². The molecular weight excluding hydrogens is 756 g/mol. The molecule has 0 aliphatic carbocycles. The highest BCUT2D eigenvalue weighted by atomic mass is 31.2. The van der Waals surface area contributed by atoms with Gasteiger partial charge >= 0.3 is 17.2 Å². The molecule has 0 saturated carbocycles. The lowest BCUT2D eigenvalue weighted by atomic mass is 10.2. The lowest BCUT2D eigenvalue weighted by molar-refractivity contribution is 0.111. The van der Waals surface area contributed by atoms with Crippen LogP contribution < -0.4 is 41.6 Å². The summed E-state index contributed by atoms with van der Waals surface area (Å²) in [6, 6.07) is 21.4. The van der Waals surface area contributed by atoms with E-state index < -0.39 is 17.2 Å². The molecule has 0 N–H and O–H groups in total. The number of hydrogen-bond donors (Lipinski definition) is 0. The Kier molecular flexibility index (Phi) is 14.3. The zero-order valence-electron chi connectivity index (χ0n) is 29.7. The average molecular weight is 790 g/mol. The first-order valence-corrected chi connectivity index (χ1v) is 18.1. The molecule has 0 saturated heterocycles. The molecule has 4 aromatic carbocycles.